The molecule has 0 radical (unpaired) electrons. The molecule has 1 aliphatic heterocycles. The molecule has 178 valence electrons. The van der Waals surface area contributed by atoms with E-state index in [9.17, 15) is 0 Å². The number of aromatic nitrogens is 3. The number of H-pyrrole nitrogens is 1. The summed E-state index contributed by atoms with van der Waals surface area (Å²) in [7, 11) is 1.71. The van der Waals surface area contributed by atoms with E-state index < -0.39 is 0 Å². The van der Waals surface area contributed by atoms with Gasteiger partial charge in [0.05, 0.1) is 13.2 Å². The number of fused-ring (bicyclic) bond motifs is 3. The van der Waals surface area contributed by atoms with Crippen molar-refractivity contribution in [1.29, 1.82) is 0 Å². The van der Waals surface area contributed by atoms with Crippen LogP contribution in [0.1, 0.15) is 28.4 Å². The predicted octanol–water partition coefficient (Wildman–Crippen LogP) is 6.18. The van der Waals surface area contributed by atoms with Crippen molar-refractivity contribution < 1.29 is 9.15 Å². The smallest absolute Gasteiger partial charge is 0.277 e. The standard InChI is InChI=1S/C27H24N4O2S.ClH/c1-32-23-12-11-18(24-25-21(13-14-28-24)20-9-5-6-10-22(20)29-25)15-19(23)16-34-27-31-30-26(33-27)17-7-3-2-4-8-17;/h2-12,15,24,28-29H,13-14,16H2,1H3;1H. The molecule has 8 heteroatoms. The summed E-state index contributed by atoms with van der Waals surface area (Å²) in [6.45, 7) is 0.944. The van der Waals surface area contributed by atoms with Crippen molar-refractivity contribution in [3.8, 4) is 17.2 Å². The molecule has 6 nitrogen and oxygen atoms in total. The topological polar surface area (TPSA) is 76.0 Å². The van der Waals surface area contributed by atoms with Gasteiger partial charge in [0.2, 0.25) is 5.89 Å². The molecule has 5 aromatic rings. The lowest BCUT2D eigenvalue weighted by molar-refractivity contribution is 0.410. The fourth-order valence-corrected chi connectivity index (χ4v) is 5.40. The largest absolute Gasteiger partial charge is 0.496 e. The Bertz CT molecular complexity index is 1450. The normalized spacial score (nSPS) is 14.9. The van der Waals surface area contributed by atoms with E-state index in [0.717, 1.165) is 29.8 Å². The minimum Gasteiger partial charge on any atom is -0.496 e. The predicted molar refractivity (Wildman–Crippen MR) is 141 cm³/mol. The molecule has 3 heterocycles. The highest BCUT2D eigenvalue weighted by Gasteiger charge is 2.25. The van der Waals surface area contributed by atoms with Crippen molar-refractivity contribution in [2.75, 3.05) is 13.7 Å². The maximum absolute atomic E-state index is 5.87. The monoisotopic (exact) mass is 504 g/mol. The van der Waals surface area contributed by atoms with Gasteiger partial charge in [0.15, 0.2) is 0 Å². The third kappa shape index (κ3) is 4.55. The minimum absolute atomic E-state index is 0. The van der Waals surface area contributed by atoms with Crippen molar-refractivity contribution in [2.24, 2.45) is 0 Å². The highest BCUT2D eigenvalue weighted by molar-refractivity contribution is 7.98. The Labute approximate surface area is 213 Å². The van der Waals surface area contributed by atoms with Crippen LogP contribution < -0.4 is 10.1 Å². The van der Waals surface area contributed by atoms with Gasteiger partial charge >= 0.3 is 0 Å². The summed E-state index contributed by atoms with van der Waals surface area (Å²) >= 11 is 1.51. The van der Waals surface area contributed by atoms with Gasteiger partial charge in [-0.15, -0.1) is 22.6 Å². The number of hydrogen-bond donors (Lipinski definition) is 2. The Kier molecular flexibility index (Phi) is 6.81. The third-order valence-electron chi connectivity index (χ3n) is 6.27. The zero-order chi connectivity index (χ0) is 22.9. The second-order valence-corrected chi connectivity index (χ2v) is 9.23. The van der Waals surface area contributed by atoms with Crippen molar-refractivity contribution in [3.63, 3.8) is 0 Å². The summed E-state index contributed by atoms with van der Waals surface area (Å²) in [6.07, 6.45) is 1.02. The summed E-state index contributed by atoms with van der Waals surface area (Å²) < 4.78 is 11.5. The molecule has 0 amide bonds. The first-order valence-electron chi connectivity index (χ1n) is 11.3. The average Bonchev–Trinajstić information content (AvgIpc) is 3.53. The van der Waals surface area contributed by atoms with Gasteiger partial charge in [0, 0.05) is 40.0 Å². The van der Waals surface area contributed by atoms with E-state index in [4.69, 9.17) is 9.15 Å². The van der Waals surface area contributed by atoms with Crippen molar-refractivity contribution >= 4 is 35.1 Å². The van der Waals surface area contributed by atoms with E-state index in [-0.39, 0.29) is 18.4 Å². The van der Waals surface area contributed by atoms with Crippen LogP contribution >= 0.6 is 24.2 Å². The van der Waals surface area contributed by atoms with Crippen LogP contribution in [0.4, 0.5) is 0 Å². The zero-order valence-electron chi connectivity index (χ0n) is 19.2. The highest BCUT2D eigenvalue weighted by atomic mass is 35.5. The molecular weight excluding hydrogens is 480 g/mol. The molecule has 1 atom stereocenters. The highest BCUT2D eigenvalue weighted by Crippen LogP contribution is 2.36. The van der Waals surface area contributed by atoms with Gasteiger partial charge < -0.3 is 19.5 Å². The SMILES string of the molecule is COc1ccc(C2NCCc3c2[nH]c2ccccc32)cc1CSc1nnc(-c2ccccc2)o1.Cl. The number of aromatic amines is 1. The third-order valence-corrected chi connectivity index (χ3v) is 7.14. The van der Waals surface area contributed by atoms with E-state index in [1.54, 1.807) is 7.11 Å². The van der Waals surface area contributed by atoms with Gasteiger partial charge in [0.25, 0.3) is 5.22 Å². The molecular formula is C27H25ClN4O2S. The Morgan fingerprint density at radius 2 is 1.86 bits per heavy atom. The fraction of sp³-hybridized carbons (Fsp3) is 0.185. The van der Waals surface area contributed by atoms with Crippen LogP contribution in [0.15, 0.2) is 82.4 Å². The number of benzene rings is 3. The van der Waals surface area contributed by atoms with E-state index in [1.165, 1.54) is 39.5 Å². The van der Waals surface area contributed by atoms with Gasteiger partial charge in [-0.3, -0.25) is 0 Å². The van der Waals surface area contributed by atoms with Crippen LogP contribution in [0.2, 0.25) is 0 Å². The summed E-state index contributed by atoms with van der Waals surface area (Å²) in [5, 5.41) is 14.0. The molecule has 1 aliphatic rings. The van der Waals surface area contributed by atoms with Crippen LogP contribution in [0, 0.1) is 0 Å². The first-order chi connectivity index (χ1) is 16.8. The minimum atomic E-state index is 0. The Hall–Kier alpha value is -3.26. The Morgan fingerprint density at radius 1 is 1.03 bits per heavy atom. The van der Waals surface area contributed by atoms with Gasteiger partial charge in [-0.25, -0.2) is 0 Å². The van der Waals surface area contributed by atoms with E-state index >= 15 is 0 Å². The number of thioether (sulfide) groups is 1. The van der Waals surface area contributed by atoms with Crippen LogP contribution in [-0.4, -0.2) is 28.8 Å². The van der Waals surface area contributed by atoms with Crippen LogP contribution in [-0.2, 0) is 12.2 Å². The van der Waals surface area contributed by atoms with E-state index in [0.29, 0.717) is 16.9 Å². The second kappa shape index (κ2) is 10.2. The van der Waals surface area contributed by atoms with Crippen molar-refractivity contribution in [2.45, 2.75) is 23.4 Å². The number of methoxy groups -OCH3 is 1. The number of nitrogens with one attached hydrogen (secondary N) is 2. The van der Waals surface area contributed by atoms with Crippen LogP contribution in [0.5, 0.6) is 5.75 Å². The molecule has 0 bridgehead atoms. The maximum Gasteiger partial charge on any atom is 0.277 e. The molecule has 0 saturated carbocycles. The lowest BCUT2D eigenvalue weighted by Gasteiger charge is -2.25. The molecule has 0 fully saturated rings. The zero-order valence-corrected chi connectivity index (χ0v) is 20.8. The van der Waals surface area contributed by atoms with Crippen LogP contribution in [0.25, 0.3) is 22.4 Å². The molecule has 2 N–H and O–H groups in total. The first-order valence-corrected chi connectivity index (χ1v) is 12.3. The Balaban J connectivity index is 0.00000253. The number of hydrogen-bond acceptors (Lipinski definition) is 6. The summed E-state index contributed by atoms with van der Waals surface area (Å²) in [5.74, 6) is 2.05. The number of ether oxygens (including phenoxy) is 1. The van der Waals surface area contributed by atoms with Gasteiger partial charge in [0.1, 0.15) is 5.75 Å². The fourth-order valence-electron chi connectivity index (χ4n) is 4.66. The maximum atomic E-state index is 5.87. The van der Waals surface area contributed by atoms with E-state index in [2.05, 4.69) is 56.9 Å². The lowest BCUT2D eigenvalue weighted by atomic mass is 9.93. The van der Waals surface area contributed by atoms with Gasteiger partial charge in [-0.2, -0.15) is 0 Å². The summed E-state index contributed by atoms with van der Waals surface area (Å²) in [5.41, 5.74) is 7.06. The number of halogens is 1. The van der Waals surface area contributed by atoms with Crippen LogP contribution in [0.3, 0.4) is 0 Å². The summed E-state index contributed by atoms with van der Waals surface area (Å²) in [6, 6.07) is 24.9. The van der Waals surface area contributed by atoms with E-state index in [1.807, 2.05) is 36.4 Å². The molecule has 0 spiro atoms. The molecule has 1 unspecified atom stereocenters. The number of rotatable bonds is 6. The second-order valence-electron chi connectivity index (χ2n) is 8.30. The quantitative estimate of drug-likeness (QED) is 0.269. The molecule has 3 aromatic carbocycles. The van der Waals surface area contributed by atoms with Crippen molar-refractivity contribution in [1.82, 2.24) is 20.5 Å². The molecule has 2 aromatic heterocycles. The number of nitrogens with zero attached hydrogens (tertiary/aromatic N) is 2. The number of para-hydroxylation sites is 1. The molecule has 0 saturated heterocycles. The average molecular weight is 505 g/mol. The molecule has 35 heavy (non-hydrogen) atoms. The Morgan fingerprint density at radius 3 is 2.71 bits per heavy atom. The first kappa shape index (κ1) is 23.5. The van der Waals surface area contributed by atoms with Crippen molar-refractivity contribution in [3.05, 3.63) is 95.2 Å². The molecule has 6 rings (SSSR count). The van der Waals surface area contributed by atoms with Gasteiger partial charge in [-0.1, -0.05) is 54.2 Å². The van der Waals surface area contributed by atoms with Gasteiger partial charge in [-0.05, 0) is 47.9 Å². The lowest BCUT2D eigenvalue weighted by Crippen LogP contribution is -2.30. The molecule has 0 aliphatic carbocycles. The summed E-state index contributed by atoms with van der Waals surface area (Å²) in [4.78, 5) is 3.66.